The van der Waals surface area contributed by atoms with Crippen LogP contribution in [0.5, 0.6) is 0 Å². The van der Waals surface area contributed by atoms with Crippen molar-refractivity contribution in [1.82, 2.24) is 4.90 Å². The normalized spacial score (nSPS) is 26.8. The Morgan fingerprint density at radius 2 is 2.38 bits per heavy atom. The second-order valence-electron chi connectivity index (χ2n) is 4.69. The maximum Gasteiger partial charge on any atom is 0.135 e. The zero-order valence-electron chi connectivity index (χ0n) is 9.82. The Hall–Kier alpha value is -0.320. The van der Waals surface area contributed by atoms with Crippen LogP contribution in [-0.2, 0) is 0 Å². The quantitative estimate of drug-likeness (QED) is 0.929. The minimum Gasteiger partial charge on any atom is -0.466 e. The summed E-state index contributed by atoms with van der Waals surface area (Å²) in [5.74, 6) is 1.53. The van der Waals surface area contributed by atoms with Gasteiger partial charge in [0.1, 0.15) is 5.76 Å². The molecule has 2 atom stereocenters. The lowest BCUT2D eigenvalue weighted by Gasteiger charge is -2.29. The lowest BCUT2D eigenvalue weighted by molar-refractivity contribution is 0.162. The average Bonchev–Trinajstić information content (AvgIpc) is 2.82. The van der Waals surface area contributed by atoms with Crippen LogP contribution in [0.3, 0.4) is 0 Å². The lowest BCUT2D eigenvalue weighted by Crippen LogP contribution is -2.33. The summed E-state index contributed by atoms with van der Waals surface area (Å²) in [6.45, 7) is 6.28. The van der Waals surface area contributed by atoms with Crippen molar-refractivity contribution in [3.05, 3.63) is 22.6 Å². The number of furan rings is 1. The van der Waals surface area contributed by atoms with Crippen molar-refractivity contribution in [2.24, 2.45) is 11.7 Å². The van der Waals surface area contributed by atoms with E-state index in [4.69, 9.17) is 10.2 Å². The summed E-state index contributed by atoms with van der Waals surface area (Å²) < 4.78 is 6.68. The Balaban J connectivity index is 2.30. The Bertz CT molecular complexity index is 351. The molecule has 0 bridgehead atoms. The molecule has 0 aliphatic carbocycles. The summed E-state index contributed by atoms with van der Waals surface area (Å²) in [7, 11) is 0. The number of nitrogens with zero attached hydrogens (tertiary/aromatic N) is 1. The predicted octanol–water partition coefficient (Wildman–Crippen LogP) is 2.77. The summed E-state index contributed by atoms with van der Waals surface area (Å²) in [6, 6.07) is 2.81. The fourth-order valence-corrected chi connectivity index (χ4v) is 3.03. The average molecular weight is 287 g/mol. The molecule has 0 radical (unpaired) electrons. The first-order valence-corrected chi connectivity index (χ1v) is 6.63. The van der Waals surface area contributed by atoms with Crippen LogP contribution >= 0.6 is 15.9 Å². The van der Waals surface area contributed by atoms with Crippen molar-refractivity contribution in [2.45, 2.75) is 32.4 Å². The highest BCUT2D eigenvalue weighted by atomic mass is 79.9. The first kappa shape index (κ1) is 12.1. The van der Waals surface area contributed by atoms with Crippen LogP contribution in [0.1, 0.15) is 32.1 Å². The molecular weight excluding hydrogens is 268 g/mol. The zero-order chi connectivity index (χ0) is 11.7. The molecule has 1 aliphatic heterocycles. The fourth-order valence-electron chi connectivity index (χ4n) is 2.59. The van der Waals surface area contributed by atoms with Gasteiger partial charge in [0, 0.05) is 6.04 Å². The van der Waals surface area contributed by atoms with Gasteiger partial charge in [0.05, 0.1) is 16.8 Å². The summed E-state index contributed by atoms with van der Waals surface area (Å²) >= 11 is 3.55. The number of nitrogens with two attached hydrogens (primary N) is 1. The predicted molar refractivity (Wildman–Crippen MR) is 68.2 cm³/mol. The smallest absolute Gasteiger partial charge is 0.135 e. The molecular formula is C12H19BrN2O. The van der Waals surface area contributed by atoms with E-state index in [1.807, 2.05) is 6.07 Å². The van der Waals surface area contributed by atoms with E-state index in [-0.39, 0.29) is 0 Å². The highest BCUT2D eigenvalue weighted by Crippen LogP contribution is 2.41. The number of halogens is 1. The molecule has 3 nitrogen and oxygen atoms in total. The van der Waals surface area contributed by atoms with E-state index < -0.39 is 0 Å². The van der Waals surface area contributed by atoms with Crippen molar-refractivity contribution in [3.63, 3.8) is 0 Å². The summed E-state index contributed by atoms with van der Waals surface area (Å²) in [5, 5.41) is 0. The molecule has 0 aromatic carbocycles. The first-order valence-electron chi connectivity index (χ1n) is 5.83. The molecule has 0 spiro atoms. The number of hydrogen-bond acceptors (Lipinski definition) is 3. The third-order valence-corrected chi connectivity index (χ3v) is 4.10. The van der Waals surface area contributed by atoms with Gasteiger partial charge < -0.3 is 10.2 Å². The van der Waals surface area contributed by atoms with Gasteiger partial charge in [-0.3, -0.25) is 4.90 Å². The van der Waals surface area contributed by atoms with E-state index in [0.717, 1.165) is 29.7 Å². The van der Waals surface area contributed by atoms with Gasteiger partial charge in [-0.2, -0.15) is 0 Å². The molecule has 1 aromatic rings. The van der Waals surface area contributed by atoms with E-state index in [1.165, 1.54) is 0 Å². The molecule has 16 heavy (non-hydrogen) atoms. The van der Waals surface area contributed by atoms with E-state index in [1.54, 1.807) is 6.26 Å². The Morgan fingerprint density at radius 1 is 1.62 bits per heavy atom. The molecule has 90 valence electrons. The van der Waals surface area contributed by atoms with Crippen molar-refractivity contribution in [3.8, 4) is 0 Å². The first-order chi connectivity index (χ1) is 7.65. The SMILES string of the molecule is CC(C)N1CCC(CN)C1c1occc1Br. The minimum absolute atomic E-state index is 0.328. The Morgan fingerprint density at radius 3 is 2.88 bits per heavy atom. The van der Waals surface area contributed by atoms with Crippen LogP contribution in [0.2, 0.25) is 0 Å². The van der Waals surface area contributed by atoms with Gasteiger partial charge in [0.25, 0.3) is 0 Å². The van der Waals surface area contributed by atoms with E-state index in [2.05, 4.69) is 34.7 Å². The maximum atomic E-state index is 5.86. The monoisotopic (exact) mass is 286 g/mol. The van der Waals surface area contributed by atoms with Crippen molar-refractivity contribution < 1.29 is 4.42 Å². The largest absolute Gasteiger partial charge is 0.466 e. The van der Waals surface area contributed by atoms with Gasteiger partial charge >= 0.3 is 0 Å². The molecule has 2 heterocycles. The highest BCUT2D eigenvalue weighted by molar-refractivity contribution is 9.10. The van der Waals surface area contributed by atoms with Crippen LogP contribution in [0.15, 0.2) is 21.2 Å². The second kappa shape index (κ2) is 4.90. The topological polar surface area (TPSA) is 42.4 Å². The van der Waals surface area contributed by atoms with Crippen LogP contribution in [0, 0.1) is 5.92 Å². The van der Waals surface area contributed by atoms with Crippen molar-refractivity contribution >= 4 is 15.9 Å². The molecule has 2 N–H and O–H groups in total. The number of hydrogen-bond donors (Lipinski definition) is 1. The van der Waals surface area contributed by atoms with Crippen molar-refractivity contribution in [1.29, 1.82) is 0 Å². The van der Waals surface area contributed by atoms with Crippen LogP contribution < -0.4 is 5.73 Å². The van der Waals surface area contributed by atoms with E-state index in [0.29, 0.717) is 18.0 Å². The standard InChI is InChI=1S/C12H19BrN2O/c1-8(2)15-5-3-9(7-14)11(15)12-10(13)4-6-16-12/h4,6,8-9,11H,3,5,7,14H2,1-2H3. The van der Waals surface area contributed by atoms with E-state index >= 15 is 0 Å². The molecule has 2 rings (SSSR count). The Kier molecular flexibility index (Phi) is 3.72. The Labute approximate surface area is 105 Å². The van der Waals surface area contributed by atoms with Crippen LogP contribution in [-0.4, -0.2) is 24.0 Å². The van der Waals surface area contributed by atoms with Crippen LogP contribution in [0.4, 0.5) is 0 Å². The van der Waals surface area contributed by atoms with Gasteiger partial charge in [0.2, 0.25) is 0 Å². The minimum atomic E-state index is 0.328. The third-order valence-electron chi connectivity index (χ3n) is 3.44. The number of rotatable bonds is 3. The van der Waals surface area contributed by atoms with Gasteiger partial charge in [-0.1, -0.05) is 0 Å². The summed E-state index contributed by atoms with van der Waals surface area (Å²) in [5.41, 5.74) is 5.86. The van der Waals surface area contributed by atoms with Crippen molar-refractivity contribution in [2.75, 3.05) is 13.1 Å². The third kappa shape index (κ3) is 2.06. The fraction of sp³-hybridized carbons (Fsp3) is 0.667. The van der Waals surface area contributed by atoms with Gasteiger partial charge in [-0.25, -0.2) is 0 Å². The second-order valence-corrected chi connectivity index (χ2v) is 5.55. The molecule has 2 unspecified atom stereocenters. The lowest BCUT2D eigenvalue weighted by atomic mass is 9.98. The molecule has 1 aliphatic rings. The maximum absolute atomic E-state index is 5.86. The van der Waals surface area contributed by atoms with Gasteiger partial charge in [-0.15, -0.1) is 0 Å². The van der Waals surface area contributed by atoms with E-state index in [9.17, 15) is 0 Å². The van der Waals surface area contributed by atoms with Gasteiger partial charge in [0.15, 0.2) is 0 Å². The molecule has 1 fully saturated rings. The molecule has 4 heteroatoms. The summed E-state index contributed by atoms with van der Waals surface area (Å²) in [4.78, 5) is 2.47. The zero-order valence-corrected chi connectivity index (χ0v) is 11.4. The van der Waals surface area contributed by atoms with Crippen LogP contribution in [0.25, 0.3) is 0 Å². The molecule has 1 aromatic heterocycles. The molecule has 1 saturated heterocycles. The highest BCUT2D eigenvalue weighted by Gasteiger charge is 2.38. The molecule has 0 saturated carbocycles. The van der Waals surface area contributed by atoms with Gasteiger partial charge in [-0.05, 0) is 61.3 Å². The summed E-state index contributed by atoms with van der Waals surface area (Å²) in [6.07, 6.45) is 2.90. The number of likely N-dealkylation sites (tertiary alicyclic amines) is 1. The molecule has 0 amide bonds.